The lowest BCUT2D eigenvalue weighted by atomic mass is 9.76. The van der Waals surface area contributed by atoms with E-state index in [1.54, 1.807) is 19.1 Å². The van der Waals surface area contributed by atoms with E-state index in [2.05, 4.69) is 11.3 Å². The van der Waals surface area contributed by atoms with Crippen LogP contribution in [0.25, 0.3) is 0 Å². The molecular weight excluding hydrogens is 180 g/mol. The van der Waals surface area contributed by atoms with E-state index in [4.69, 9.17) is 0 Å². The average Bonchev–Trinajstić information content (AvgIpc) is 2.38. The molecule has 14 heavy (non-hydrogen) atoms. The number of esters is 2. The van der Waals surface area contributed by atoms with E-state index in [0.717, 1.165) is 0 Å². The second-order valence-electron chi connectivity index (χ2n) is 3.77. The summed E-state index contributed by atoms with van der Waals surface area (Å²) >= 11 is 0. The first-order chi connectivity index (χ1) is 6.50. The highest BCUT2D eigenvalue weighted by Gasteiger charge is 2.48. The van der Waals surface area contributed by atoms with Crippen LogP contribution in [-0.2, 0) is 14.3 Å². The zero-order valence-corrected chi connectivity index (χ0v) is 8.45. The van der Waals surface area contributed by atoms with E-state index in [1.165, 1.54) is 0 Å². The van der Waals surface area contributed by atoms with Gasteiger partial charge in [0.05, 0.1) is 11.8 Å². The van der Waals surface area contributed by atoms with Gasteiger partial charge in [-0.15, -0.1) is 0 Å². The summed E-state index contributed by atoms with van der Waals surface area (Å²) in [7, 11) is 0. The van der Waals surface area contributed by atoms with Crippen LogP contribution in [0.2, 0.25) is 0 Å². The number of ether oxygens (including phenoxy) is 1. The van der Waals surface area contributed by atoms with E-state index >= 15 is 0 Å². The molecule has 0 spiro atoms. The summed E-state index contributed by atoms with van der Waals surface area (Å²) in [6.45, 7) is 7.18. The molecule has 0 N–H and O–H groups in total. The van der Waals surface area contributed by atoms with Crippen molar-refractivity contribution in [2.45, 2.75) is 20.3 Å². The van der Waals surface area contributed by atoms with Crippen LogP contribution in [-0.4, -0.2) is 11.9 Å². The quantitative estimate of drug-likeness (QED) is 0.391. The van der Waals surface area contributed by atoms with Crippen molar-refractivity contribution in [2.24, 2.45) is 11.3 Å². The number of carbonyl (C=O) groups is 2. The molecule has 0 aromatic rings. The van der Waals surface area contributed by atoms with Gasteiger partial charge in [-0.3, -0.25) is 9.59 Å². The summed E-state index contributed by atoms with van der Waals surface area (Å²) in [5, 5.41) is 0. The van der Waals surface area contributed by atoms with Crippen molar-refractivity contribution in [3.8, 4) is 0 Å². The molecule has 0 aromatic heterocycles. The lowest BCUT2D eigenvalue weighted by Gasteiger charge is -2.22. The summed E-state index contributed by atoms with van der Waals surface area (Å²) in [6, 6.07) is 0. The standard InChI is InChI=1S/C11H14O3/c1-4-5-6-8(2)11(3)7-9(12)14-10(11)13/h4-6,8H,1,7H2,2-3H3/b6-5-. The normalized spacial score (nSPS) is 29.3. The first-order valence-corrected chi connectivity index (χ1v) is 4.55. The minimum Gasteiger partial charge on any atom is -0.393 e. The maximum atomic E-state index is 11.4. The lowest BCUT2D eigenvalue weighted by Crippen LogP contribution is -2.29. The van der Waals surface area contributed by atoms with E-state index in [9.17, 15) is 9.59 Å². The summed E-state index contributed by atoms with van der Waals surface area (Å²) < 4.78 is 4.54. The predicted octanol–water partition coefficient (Wildman–Crippen LogP) is 1.84. The molecule has 1 saturated heterocycles. The van der Waals surface area contributed by atoms with E-state index in [-0.39, 0.29) is 12.3 Å². The average molecular weight is 194 g/mol. The first kappa shape index (κ1) is 10.7. The SMILES string of the molecule is C=C/C=C\C(C)C1(C)CC(=O)OC1=O. The van der Waals surface area contributed by atoms with E-state index in [1.807, 2.05) is 13.0 Å². The van der Waals surface area contributed by atoms with Gasteiger partial charge in [-0.05, 0) is 12.8 Å². The van der Waals surface area contributed by atoms with Crippen LogP contribution < -0.4 is 0 Å². The summed E-state index contributed by atoms with van der Waals surface area (Å²) in [4.78, 5) is 22.4. The van der Waals surface area contributed by atoms with Crippen molar-refractivity contribution in [1.29, 1.82) is 0 Å². The third-order valence-corrected chi connectivity index (χ3v) is 2.73. The van der Waals surface area contributed by atoms with Gasteiger partial charge < -0.3 is 4.74 Å². The van der Waals surface area contributed by atoms with Crippen molar-refractivity contribution in [3.05, 3.63) is 24.8 Å². The Bertz CT molecular complexity index is 304. The molecule has 0 amide bonds. The molecule has 2 atom stereocenters. The minimum atomic E-state index is -0.712. The zero-order chi connectivity index (χ0) is 10.8. The van der Waals surface area contributed by atoms with Gasteiger partial charge in [-0.2, -0.15) is 0 Å². The molecule has 3 heteroatoms. The topological polar surface area (TPSA) is 43.4 Å². The number of cyclic esters (lactones) is 2. The van der Waals surface area contributed by atoms with Crippen LogP contribution in [0.3, 0.4) is 0 Å². The second-order valence-corrected chi connectivity index (χ2v) is 3.77. The van der Waals surface area contributed by atoms with Crippen molar-refractivity contribution in [1.82, 2.24) is 0 Å². The Hall–Kier alpha value is -1.38. The van der Waals surface area contributed by atoms with Crippen molar-refractivity contribution >= 4 is 11.9 Å². The van der Waals surface area contributed by atoms with Crippen LogP contribution in [0.1, 0.15) is 20.3 Å². The molecule has 1 rings (SSSR count). The van der Waals surface area contributed by atoms with Gasteiger partial charge in [0, 0.05) is 0 Å². The number of rotatable bonds is 3. The van der Waals surface area contributed by atoms with Crippen LogP contribution in [0, 0.1) is 11.3 Å². The molecule has 0 aromatic carbocycles. The Labute approximate surface area is 83.4 Å². The highest BCUT2D eigenvalue weighted by atomic mass is 16.6. The summed E-state index contributed by atoms with van der Waals surface area (Å²) in [5.74, 6) is -0.889. The van der Waals surface area contributed by atoms with Gasteiger partial charge in [-0.1, -0.05) is 31.7 Å². The highest BCUT2D eigenvalue weighted by molar-refractivity contribution is 5.97. The Morgan fingerprint density at radius 2 is 2.21 bits per heavy atom. The third kappa shape index (κ3) is 1.76. The number of allylic oxidation sites excluding steroid dienone is 3. The zero-order valence-electron chi connectivity index (χ0n) is 8.45. The van der Waals surface area contributed by atoms with Gasteiger partial charge in [0.25, 0.3) is 0 Å². The van der Waals surface area contributed by atoms with Crippen molar-refractivity contribution < 1.29 is 14.3 Å². The summed E-state index contributed by atoms with van der Waals surface area (Å²) in [5.41, 5.74) is -0.712. The predicted molar refractivity (Wildman–Crippen MR) is 52.3 cm³/mol. The van der Waals surface area contributed by atoms with Crippen molar-refractivity contribution in [3.63, 3.8) is 0 Å². The van der Waals surface area contributed by atoms with Crippen LogP contribution >= 0.6 is 0 Å². The fourth-order valence-corrected chi connectivity index (χ4v) is 1.43. The molecular formula is C11H14O3. The Kier molecular flexibility index (Phi) is 2.89. The Morgan fingerprint density at radius 1 is 1.57 bits per heavy atom. The Morgan fingerprint density at radius 3 is 2.64 bits per heavy atom. The molecule has 3 nitrogen and oxygen atoms in total. The van der Waals surface area contributed by atoms with Crippen LogP contribution in [0.4, 0.5) is 0 Å². The monoisotopic (exact) mass is 194 g/mol. The number of carbonyl (C=O) groups excluding carboxylic acids is 2. The fraction of sp³-hybridized carbons (Fsp3) is 0.455. The summed E-state index contributed by atoms with van der Waals surface area (Å²) in [6.07, 6.45) is 5.43. The maximum absolute atomic E-state index is 11.4. The highest BCUT2D eigenvalue weighted by Crippen LogP contribution is 2.38. The molecule has 1 aliphatic rings. The molecule has 0 saturated carbocycles. The lowest BCUT2D eigenvalue weighted by molar-refractivity contribution is -0.155. The second kappa shape index (κ2) is 3.78. The molecule has 1 aliphatic heterocycles. The van der Waals surface area contributed by atoms with Crippen LogP contribution in [0.5, 0.6) is 0 Å². The van der Waals surface area contributed by atoms with Gasteiger partial charge in [0.1, 0.15) is 0 Å². The molecule has 0 radical (unpaired) electrons. The van der Waals surface area contributed by atoms with Gasteiger partial charge >= 0.3 is 11.9 Å². The van der Waals surface area contributed by atoms with Crippen LogP contribution in [0.15, 0.2) is 24.8 Å². The molecule has 2 unspecified atom stereocenters. The maximum Gasteiger partial charge on any atom is 0.320 e. The third-order valence-electron chi connectivity index (χ3n) is 2.73. The van der Waals surface area contributed by atoms with E-state index < -0.39 is 17.4 Å². The molecule has 0 aliphatic carbocycles. The largest absolute Gasteiger partial charge is 0.393 e. The fourth-order valence-electron chi connectivity index (χ4n) is 1.43. The van der Waals surface area contributed by atoms with Gasteiger partial charge in [0.15, 0.2) is 0 Å². The van der Waals surface area contributed by atoms with E-state index in [0.29, 0.717) is 0 Å². The van der Waals surface area contributed by atoms with Gasteiger partial charge in [-0.25, -0.2) is 0 Å². The molecule has 1 fully saturated rings. The first-order valence-electron chi connectivity index (χ1n) is 4.55. The number of hydrogen-bond acceptors (Lipinski definition) is 3. The smallest absolute Gasteiger partial charge is 0.320 e. The van der Waals surface area contributed by atoms with Gasteiger partial charge in [0.2, 0.25) is 0 Å². The molecule has 0 bridgehead atoms. The molecule has 76 valence electrons. The minimum absolute atomic E-state index is 0.0283. The Balaban J connectivity index is 2.84. The van der Waals surface area contributed by atoms with Crippen molar-refractivity contribution in [2.75, 3.05) is 0 Å². The molecule has 1 heterocycles. The number of hydrogen-bond donors (Lipinski definition) is 0.